The minimum atomic E-state index is 0.546. The lowest BCUT2D eigenvalue weighted by atomic mass is 10.3. The molecule has 0 aliphatic carbocycles. The molecule has 2 N–H and O–H groups in total. The van der Waals surface area contributed by atoms with Crippen LogP contribution in [0.15, 0.2) is 12.2 Å². The average molecular weight is 169 g/mol. The Balaban J connectivity index is 2.45. The summed E-state index contributed by atoms with van der Waals surface area (Å²) in [6.07, 6.45) is 6.11. The molecule has 4 heteroatoms. The molecule has 11 heavy (non-hydrogen) atoms. The molecule has 0 radical (unpaired) electrons. The maximum atomic E-state index is 5.40. The largest absolute Gasteiger partial charge is 0.374 e. The lowest BCUT2D eigenvalue weighted by Crippen LogP contribution is -1.80. The zero-order chi connectivity index (χ0) is 8.10. The van der Waals surface area contributed by atoms with Crippen molar-refractivity contribution in [2.75, 3.05) is 5.73 Å². The van der Waals surface area contributed by atoms with Crippen LogP contribution < -0.4 is 5.73 Å². The van der Waals surface area contributed by atoms with Crippen LogP contribution in [-0.2, 0) is 6.42 Å². The molecule has 0 spiro atoms. The molecule has 60 valence electrons. The predicted molar refractivity (Wildman–Crippen MR) is 47.5 cm³/mol. The monoisotopic (exact) mass is 169 g/mol. The highest BCUT2D eigenvalue weighted by molar-refractivity contribution is 7.15. The molecule has 0 aliphatic heterocycles. The molecular weight excluding hydrogens is 158 g/mol. The van der Waals surface area contributed by atoms with Crippen LogP contribution in [0.1, 0.15) is 18.4 Å². The molecule has 0 amide bonds. The fraction of sp³-hybridized carbons (Fsp3) is 0.429. The summed E-state index contributed by atoms with van der Waals surface area (Å²) in [5.41, 5.74) is 5.40. The van der Waals surface area contributed by atoms with Gasteiger partial charge in [-0.05, 0) is 6.42 Å². The maximum absolute atomic E-state index is 5.40. The van der Waals surface area contributed by atoms with Crippen LogP contribution in [0.3, 0.4) is 0 Å². The SMILES string of the molecule is CC/C=C/Cc1nnc(N)s1. The molecule has 0 saturated heterocycles. The van der Waals surface area contributed by atoms with Gasteiger partial charge >= 0.3 is 0 Å². The van der Waals surface area contributed by atoms with Gasteiger partial charge in [-0.25, -0.2) is 0 Å². The number of allylic oxidation sites excluding steroid dienone is 2. The molecule has 0 unspecified atom stereocenters. The van der Waals surface area contributed by atoms with Crippen molar-refractivity contribution in [1.29, 1.82) is 0 Å². The molecule has 1 rings (SSSR count). The second-order valence-corrected chi connectivity index (χ2v) is 3.21. The Bertz CT molecular complexity index is 242. The van der Waals surface area contributed by atoms with E-state index in [0.717, 1.165) is 17.8 Å². The topological polar surface area (TPSA) is 51.8 Å². The van der Waals surface area contributed by atoms with Crippen LogP contribution in [0.5, 0.6) is 0 Å². The van der Waals surface area contributed by atoms with Gasteiger partial charge in [0.05, 0.1) is 0 Å². The highest BCUT2D eigenvalue weighted by Crippen LogP contribution is 2.11. The standard InChI is InChI=1S/C7H11N3S/c1-2-3-4-5-6-9-10-7(8)11-6/h3-4H,2,5H2,1H3,(H2,8,10)/b4-3+. The number of anilines is 1. The Morgan fingerprint density at radius 3 is 2.82 bits per heavy atom. The van der Waals surface area contributed by atoms with E-state index < -0.39 is 0 Å². The van der Waals surface area contributed by atoms with Gasteiger partial charge in [-0.15, -0.1) is 10.2 Å². The minimum absolute atomic E-state index is 0.546. The summed E-state index contributed by atoms with van der Waals surface area (Å²) in [6.45, 7) is 2.10. The van der Waals surface area contributed by atoms with Gasteiger partial charge in [-0.2, -0.15) is 0 Å². The Morgan fingerprint density at radius 1 is 1.45 bits per heavy atom. The molecule has 0 aromatic carbocycles. The summed E-state index contributed by atoms with van der Waals surface area (Å²) in [6, 6.07) is 0. The van der Waals surface area contributed by atoms with Gasteiger partial charge in [0.15, 0.2) is 0 Å². The lowest BCUT2D eigenvalue weighted by molar-refractivity contribution is 1.02. The first-order valence-corrected chi connectivity index (χ1v) is 4.37. The van der Waals surface area contributed by atoms with Gasteiger partial charge in [0.2, 0.25) is 5.13 Å². The molecule has 0 aliphatic rings. The second-order valence-electron chi connectivity index (χ2n) is 2.12. The van der Waals surface area contributed by atoms with Gasteiger partial charge in [0.1, 0.15) is 5.01 Å². The van der Waals surface area contributed by atoms with Crippen LogP contribution >= 0.6 is 11.3 Å². The molecule has 0 fully saturated rings. The van der Waals surface area contributed by atoms with E-state index in [1.165, 1.54) is 11.3 Å². The first-order valence-electron chi connectivity index (χ1n) is 3.55. The maximum Gasteiger partial charge on any atom is 0.203 e. The Morgan fingerprint density at radius 2 is 2.27 bits per heavy atom. The molecule has 1 aromatic heterocycles. The number of hydrogen-bond acceptors (Lipinski definition) is 4. The first kappa shape index (κ1) is 8.20. The summed E-state index contributed by atoms with van der Waals surface area (Å²) in [5.74, 6) is 0. The highest BCUT2D eigenvalue weighted by atomic mass is 32.1. The molecule has 0 bridgehead atoms. The van der Waals surface area contributed by atoms with Crippen molar-refractivity contribution in [3.8, 4) is 0 Å². The van der Waals surface area contributed by atoms with E-state index in [2.05, 4.69) is 29.3 Å². The van der Waals surface area contributed by atoms with Gasteiger partial charge in [0, 0.05) is 6.42 Å². The zero-order valence-corrected chi connectivity index (χ0v) is 7.27. The van der Waals surface area contributed by atoms with Crippen LogP contribution in [0.2, 0.25) is 0 Å². The molecule has 1 heterocycles. The molecule has 3 nitrogen and oxygen atoms in total. The molecule has 0 saturated carbocycles. The van der Waals surface area contributed by atoms with Crippen LogP contribution in [0.4, 0.5) is 5.13 Å². The van der Waals surface area contributed by atoms with Crippen molar-refractivity contribution in [2.24, 2.45) is 0 Å². The second kappa shape index (κ2) is 4.08. The van der Waals surface area contributed by atoms with Crippen molar-refractivity contribution in [3.05, 3.63) is 17.2 Å². The fourth-order valence-electron chi connectivity index (χ4n) is 0.700. The number of hydrogen-bond donors (Lipinski definition) is 1. The van der Waals surface area contributed by atoms with Gasteiger partial charge < -0.3 is 5.73 Å². The number of nitrogen functional groups attached to an aromatic ring is 1. The summed E-state index contributed by atoms with van der Waals surface area (Å²) >= 11 is 1.44. The van der Waals surface area contributed by atoms with Gasteiger partial charge in [-0.3, -0.25) is 0 Å². The van der Waals surface area contributed by atoms with Crippen molar-refractivity contribution >= 4 is 16.5 Å². The number of rotatable bonds is 3. The summed E-state index contributed by atoms with van der Waals surface area (Å²) < 4.78 is 0. The van der Waals surface area contributed by atoms with E-state index in [1.54, 1.807) is 0 Å². The predicted octanol–water partition coefficient (Wildman–Crippen LogP) is 1.63. The summed E-state index contributed by atoms with van der Waals surface area (Å²) in [4.78, 5) is 0. The van der Waals surface area contributed by atoms with Crippen LogP contribution in [0.25, 0.3) is 0 Å². The third-order valence-corrected chi connectivity index (χ3v) is 1.95. The highest BCUT2D eigenvalue weighted by Gasteiger charge is 1.96. The van der Waals surface area contributed by atoms with Crippen molar-refractivity contribution in [3.63, 3.8) is 0 Å². The van der Waals surface area contributed by atoms with Crippen LogP contribution in [0, 0.1) is 0 Å². The first-order chi connectivity index (χ1) is 5.33. The Labute approximate surface area is 70.0 Å². The van der Waals surface area contributed by atoms with E-state index in [9.17, 15) is 0 Å². The van der Waals surface area contributed by atoms with Crippen molar-refractivity contribution in [2.45, 2.75) is 19.8 Å². The van der Waals surface area contributed by atoms with E-state index in [0.29, 0.717) is 5.13 Å². The lowest BCUT2D eigenvalue weighted by Gasteiger charge is -1.82. The normalized spacial score (nSPS) is 11.0. The molecule has 1 aromatic rings. The smallest absolute Gasteiger partial charge is 0.203 e. The summed E-state index contributed by atoms with van der Waals surface area (Å²) in [7, 11) is 0. The fourth-order valence-corrected chi connectivity index (χ4v) is 1.28. The molecular formula is C7H11N3S. The van der Waals surface area contributed by atoms with Crippen molar-refractivity contribution < 1.29 is 0 Å². The average Bonchev–Trinajstić information content (AvgIpc) is 2.37. The van der Waals surface area contributed by atoms with E-state index in [1.807, 2.05) is 0 Å². The number of nitrogens with zero attached hydrogens (tertiary/aromatic N) is 2. The number of aromatic nitrogens is 2. The molecule has 0 atom stereocenters. The third-order valence-electron chi connectivity index (χ3n) is 1.18. The van der Waals surface area contributed by atoms with Crippen molar-refractivity contribution in [1.82, 2.24) is 10.2 Å². The zero-order valence-electron chi connectivity index (χ0n) is 6.45. The van der Waals surface area contributed by atoms with Gasteiger partial charge in [-0.1, -0.05) is 30.4 Å². The van der Waals surface area contributed by atoms with E-state index in [-0.39, 0.29) is 0 Å². The van der Waals surface area contributed by atoms with E-state index in [4.69, 9.17) is 5.73 Å². The quantitative estimate of drug-likeness (QED) is 0.700. The Hall–Kier alpha value is -0.900. The third kappa shape index (κ3) is 2.67. The minimum Gasteiger partial charge on any atom is -0.374 e. The summed E-state index contributed by atoms with van der Waals surface area (Å²) in [5, 5.41) is 9.11. The van der Waals surface area contributed by atoms with E-state index >= 15 is 0 Å². The number of nitrogens with two attached hydrogens (primary N) is 1. The van der Waals surface area contributed by atoms with Gasteiger partial charge in [0.25, 0.3) is 0 Å². The van der Waals surface area contributed by atoms with Crippen LogP contribution in [-0.4, -0.2) is 10.2 Å². The Kier molecular flexibility index (Phi) is 3.04.